The number of nitrogens with one attached hydrogen (secondary N) is 1. The number of amides is 1. The van der Waals surface area contributed by atoms with Gasteiger partial charge in [-0.25, -0.2) is 0 Å². The highest BCUT2D eigenvalue weighted by Crippen LogP contribution is 2.12. The van der Waals surface area contributed by atoms with Crippen molar-refractivity contribution in [1.29, 1.82) is 0 Å². The van der Waals surface area contributed by atoms with Gasteiger partial charge in [0.1, 0.15) is 6.54 Å². The number of hydrogen-bond acceptors (Lipinski definition) is 2. The van der Waals surface area contributed by atoms with E-state index in [0.29, 0.717) is 0 Å². The second kappa shape index (κ2) is 8.14. The Morgan fingerprint density at radius 3 is 2.67 bits per heavy atom. The molecule has 5 heteroatoms. The molecular weight excluding hydrogens is 228 g/mol. The van der Waals surface area contributed by atoms with Crippen molar-refractivity contribution in [3.63, 3.8) is 0 Å². The maximum absolute atomic E-state index is 11.3. The van der Waals surface area contributed by atoms with Gasteiger partial charge < -0.3 is 5.32 Å². The Labute approximate surface area is 107 Å². The van der Waals surface area contributed by atoms with Crippen LogP contribution < -0.4 is 5.32 Å². The summed E-state index contributed by atoms with van der Waals surface area (Å²) in [6.45, 7) is 2.01. The molecule has 5 nitrogen and oxygen atoms in total. The van der Waals surface area contributed by atoms with Crippen molar-refractivity contribution in [2.75, 3.05) is 11.9 Å². The molecule has 18 heavy (non-hydrogen) atoms. The quantitative estimate of drug-likeness (QED) is 0.339. The number of unbranched alkanes of at least 4 members (excludes halogenated alkanes) is 2. The van der Waals surface area contributed by atoms with Crippen molar-refractivity contribution >= 4 is 11.6 Å². The van der Waals surface area contributed by atoms with Gasteiger partial charge in [0.2, 0.25) is 5.91 Å². The average Bonchev–Trinajstić information content (AvgIpc) is 2.39. The first-order valence-corrected chi connectivity index (χ1v) is 6.16. The molecule has 0 aliphatic carbocycles. The minimum Gasteiger partial charge on any atom is -0.326 e. The maximum atomic E-state index is 11.3. The lowest BCUT2D eigenvalue weighted by Crippen LogP contribution is -2.14. The van der Waals surface area contributed by atoms with Crippen LogP contribution in [0, 0.1) is 0 Å². The predicted molar refractivity (Wildman–Crippen MR) is 72.3 cm³/mol. The molecule has 1 N–H and O–H groups in total. The zero-order valence-corrected chi connectivity index (χ0v) is 10.6. The molecule has 0 unspecified atom stereocenters. The van der Waals surface area contributed by atoms with E-state index >= 15 is 0 Å². The third-order valence-electron chi connectivity index (χ3n) is 2.58. The van der Waals surface area contributed by atoms with Crippen LogP contribution >= 0.6 is 0 Å². The maximum Gasteiger partial charge on any atom is 0.230 e. The first-order chi connectivity index (χ1) is 8.76. The topological polar surface area (TPSA) is 77.9 Å². The van der Waals surface area contributed by atoms with Crippen LogP contribution in [-0.2, 0) is 11.2 Å². The van der Waals surface area contributed by atoms with Crippen LogP contribution in [0.5, 0.6) is 0 Å². The average molecular weight is 246 g/mol. The van der Waals surface area contributed by atoms with E-state index in [1.54, 1.807) is 0 Å². The lowest BCUT2D eigenvalue weighted by atomic mass is 10.1. The van der Waals surface area contributed by atoms with E-state index in [-0.39, 0.29) is 12.5 Å². The third-order valence-corrected chi connectivity index (χ3v) is 2.58. The molecule has 1 aromatic rings. The first-order valence-electron chi connectivity index (χ1n) is 6.16. The molecule has 0 fully saturated rings. The number of nitrogens with zero attached hydrogens (tertiary/aromatic N) is 3. The Hall–Kier alpha value is -2.00. The van der Waals surface area contributed by atoms with Crippen LogP contribution in [0.15, 0.2) is 29.4 Å². The fourth-order valence-electron chi connectivity index (χ4n) is 1.63. The Morgan fingerprint density at radius 1 is 1.33 bits per heavy atom. The van der Waals surface area contributed by atoms with Crippen LogP contribution in [0.4, 0.5) is 5.69 Å². The van der Waals surface area contributed by atoms with Crippen molar-refractivity contribution in [3.05, 3.63) is 40.3 Å². The Bertz CT molecular complexity index is 421. The second-order valence-electron chi connectivity index (χ2n) is 4.09. The summed E-state index contributed by atoms with van der Waals surface area (Å²) in [6.07, 6.45) is 4.72. The van der Waals surface area contributed by atoms with E-state index in [4.69, 9.17) is 5.53 Å². The van der Waals surface area contributed by atoms with Crippen LogP contribution in [0.3, 0.4) is 0 Å². The summed E-state index contributed by atoms with van der Waals surface area (Å²) in [7, 11) is 0. The predicted octanol–water partition coefficient (Wildman–Crippen LogP) is 3.67. The zero-order chi connectivity index (χ0) is 13.2. The van der Waals surface area contributed by atoms with E-state index < -0.39 is 0 Å². The number of benzene rings is 1. The van der Waals surface area contributed by atoms with Crippen molar-refractivity contribution in [2.24, 2.45) is 5.11 Å². The summed E-state index contributed by atoms with van der Waals surface area (Å²) in [5.41, 5.74) is 10.1. The van der Waals surface area contributed by atoms with Crippen molar-refractivity contribution in [3.8, 4) is 0 Å². The highest BCUT2D eigenvalue weighted by molar-refractivity contribution is 5.92. The Morgan fingerprint density at radius 2 is 2.06 bits per heavy atom. The molecule has 0 bridgehead atoms. The minimum absolute atomic E-state index is 0.172. The molecule has 0 aromatic heterocycles. The van der Waals surface area contributed by atoms with Crippen LogP contribution in [0.25, 0.3) is 10.4 Å². The minimum atomic E-state index is -0.300. The SMILES string of the molecule is CCCCCc1ccc(NC(=O)CN=[N+]=[N-])cc1. The zero-order valence-electron chi connectivity index (χ0n) is 10.6. The standard InChI is InChI=1S/C13H18N4O/c1-2-3-4-5-11-6-8-12(9-7-11)16-13(18)10-15-17-14/h6-9H,2-5,10H2,1H3,(H,16,18). The molecule has 1 aromatic carbocycles. The Balaban J connectivity index is 2.44. The number of hydrogen-bond donors (Lipinski definition) is 1. The highest BCUT2D eigenvalue weighted by atomic mass is 16.1. The molecule has 0 atom stereocenters. The second-order valence-corrected chi connectivity index (χ2v) is 4.09. The van der Waals surface area contributed by atoms with Gasteiger partial charge >= 0.3 is 0 Å². The normalized spacial score (nSPS) is 9.61. The summed E-state index contributed by atoms with van der Waals surface area (Å²) >= 11 is 0. The van der Waals surface area contributed by atoms with Gasteiger partial charge in [0, 0.05) is 10.6 Å². The number of aryl methyl sites for hydroxylation is 1. The largest absolute Gasteiger partial charge is 0.326 e. The van der Waals surface area contributed by atoms with Gasteiger partial charge in [-0.15, -0.1) is 0 Å². The summed E-state index contributed by atoms with van der Waals surface area (Å²) in [5.74, 6) is -0.300. The highest BCUT2D eigenvalue weighted by Gasteiger charge is 2.00. The van der Waals surface area contributed by atoms with Crippen molar-refractivity contribution < 1.29 is 4.79 Å². The van der Waals surface area contributed by atoms with Gasteiger partial charge in [-0.2, -0.15) is 0 Å². The molecule has 0 saturated heterocycles. The molecule has 0 heterocycles. The fourth-order valence-corrected chi connectivity index (χ4v) is 1.63. The van der Waals surface area contributed by atoms with Crippen LogP contribution in [0.2, 0.25) is 0 Å². The summed E-state index contributed by atoms with van der Waals surface area (Å²) in [4.78, 5) is 13.8. The van der Waals surface area contributed by atoms with Gasteiger partial charge in [-0.05, 0) is 36.1 Å². The molecule has 0 aliphatic rings. The Kier molecular flexibility index (Phi) is 6.36. The smallest absolute Gasteiger partial charge is 0.230 e. The van der Waals surface area contributed by atoms with Gasteiger partial charge in [-0.3, -0.25) is 4.79 Å². The number of azide groups is 1. The number of anilines is 1. The summed E-state index contributed by atoms with van der Waals surface area (Å²) in [5, 5.41) is 5.87. The van der Waals surface area contributed by atoms with Gasteiger partial charge in [0.15, 0.2) is 0 Å². The molecule has 1 amide bonds. The van der Waals surface area contributed by atoms with E-state index in [2.05, 4.69) is 22.3 Å². The lowest BCUT2D eigenvalue weighted by molar-refractivity contribution is -0.114. The van der Waals surface area contributed by atoms with Crippen LogP contribution in [0.1, 0.15) is 31.7 Å². The van der Waals surface area contributed by atoms with E-state index in [1.165, 1.54) is 24.8 Å². The summed E-state index contributed by atoms with van der Waals surface area (Å²) < 4.78 is 0. The molecule has 0 spiro atoms. The first kappa shape index (κ1) is 14.1. The number of rotatable bonds is 7. The van der Waals surface area contributed by atoms with Gasteiger partial charge in [0.05, 0.1) is 0 Å². The third kappa shape index (κ3) is 5.37. The van der Waals surface area contributed by atoms with E-state index in [1.807, 2.05) is 24.3 Å². The molecule has 0 aliphatic heterocycles. The fraction of sp³-hybridized carbons (Fsp3) is 0.462. The number of carbonyl (C=O) groups is 1. The molecule has 1 rings (SSSR count). The van der Waals surface area contributed by atoms with Crippen molar-refractivity contribution in [2.45, 2.75) is 32.6 Å². The number of carbonyl (C=O) groups excluding carboxylic acids is 1. The monoisotopic (exact) mass is 246 g/mol. The van der Waals surface area contributed by atoms with Crippen LogP contribution in [-0.4, -0.2) is 12.5 Å². The molecule has 0 saturated carbocycles. The molecule has 96 valence electrons. The van der Waals surface area contributed by atoms with E-state index in [0.717, 1.165) is 12.1 Å². The summed E-state index contributed by atoms with van der Waals surface area (Å²) in [6, 6.07) is 7.77. The lowest BCUT2D eigenvalue weighted by Gasteiger charge is -2.05. The van der Waals surface area contributed by atoms with Gasteiger partial charge in [0.25, 0.3) is 0 Å². The van der Waals surface area contributed by atoms with Crippen molar-refractivity contribution in [1.82, 2.24) is 0 Å². The van der Waals surface area contributed by atoms with Gasteiger partial charge in [-0.1, -0.05) is 37.0 Å². The van der Waals surface area contributed by atoms with E-state index in [9.17, 15) is 4.79 Å². The molecular formula is C13H18N4O. The molecule has 0 radical (unpaired) electrons.